The van der Waals surface area contributed by atoms with Gasteiger partial charge in [-0.2, -0.15) is 0 Å². The van der Waals surface area contributed by atoms with Crippen molar-refractivity contribution in [3.05, 3.63) is 73.6 Å². The van der Waals surface area contributed by atoms with E-state index in [1.54, 1.807) is 12.4 Å². The minimum atomic E-state index is -0.564. The number of pyridine rings is 2. The summed E-state index contributed by atoms with van der Waals surface area (Å²) < 4.78 is 1.40. The Morgan fingerprint density at radius 2 is 2.07 bits per heavy atom. The van der Waals surface area contributed by atoms with Gasteiger partial charge in [0.2, 0.25) is 0 Å². The molecule has 4 rings (SSSR count). The Labute approximate surface area is 174 Å². The maximum atomic E-state index is 12.6. The van der Waals surface area contributed by atoms with Gasteiger partial charge in [0.15, 0.2) is 0 Å². The number of aromatic amines is 1. The van der Waals surface area contributed by atoms with Crippen LogP contribution in [-0.2, 0) is 13.1 Å². The van der Waals surface area contributed by atoms with E-state index in [4.69, 9.17) is 0 Å². The van der Waals surface area contributed by atoms with Gasteiger partial charge in [0, 0.05) is 36.1 Å². The molecule has 0 aliphatic rings. The SMILES string of the molecule is CCCn1c(=O)[nH]c(=O)c2cc(C(=O)NCc3nc(-c4ccncc4)cs3)cnc21. The molecule has 0 aliphatic heterocycles. The first-order valence-corrected chi connectivity index (χ1v) is 10.2. The molecule has 0 spiro atoms. The summed E-state index contributed by atoms with van der Waals surface area (Å²) in [5, 5.41) is 5.66. The topological polar surface area (TPSA) is 123 Å². The van der Waals surface area contributed by atoms with Crippen LogP contribution in [0.5, 0.6) is 0 Å². The smallest absolute Gasteiger partial charge is 0.329 e. The lowest BCUT2D eigenvalue weighted by molar-refractivity contribution is 0.0950. The van der Waals surface area contributed by atoms with Crippen LogP contribution in [0.4, 0.5) is 0 Å². The molecule has 0 saturated carbocycles. The van der Waals surface area contributed by atoms with Crippen LogP contribution in [0.25, 0.3) is 22.3 Å². The van der Waals surface area contributed by atoms with Crippen LogP contribution < -0.4 is 16.6 Å². The molecule has 10 heteroatoms. The predicted octanol–water partition coefficient (Wildman–Crippen LogP) is 1.94. The van der Waals surface area contributed by atoms with Crippen molar-refractivity contribution in [1.82, 2.24) is 29.8 Å². The van der Waals surface area contributed by atoms with Gasteiger partial charge >= 0.3 is 5.69 Å². The summed E-state index contributed by atoms with van der Waals surface area (Å²) in [4.78, 5) is 51.8. The molecule has 0 bridgehead atoms. The second kappa shape index (κ2) is 8.37. The lowest BCUT2D eigenvalue weighted by atomic mass is 10.2. The fourth-order valence-corrected chi connectivity index (χ4v) is 3.77. The highest BCUT2D eigenvalue weighted by Gasteiger charge is 2.13. The zero-order valence-electron chi connectivity index (χ0n) is 16.1. The summed E-state index contributed by atoms with van der Waals surface area (Å²) in [7, 11) is 0. The molecular formula is C20H18N6O3S. The van der Waals surface area contributed by atoms with Gasteiger partial charge in [-0.1, -0.05) is 6.92 Å². The van der Waals surface area contributed by atoms with E-state index in [0.29, 0.717) is 13.0 Å². The molecule has 30 heavy (non-hydrogen) atoms. The first kappa shape index (κ1) is 19.6. The summed E-state index contributed by atoms with van der Waals surface area (Å²) in [5.41, 5.74) is 1.21. The lowest BCUT2D eigenvalue weighted by Crippen LogP contribution is -2.31. The van der Waals surface area contributed by atoms with E-state index in [9.17, 15) is 14.4 Å². The highest BCUT2D eigenvalue weighted by Crippen LogP contribution is 2.21. The van der Waals surface area contributed by atoms with Gasteiger partial charge in [0.05, 0.1) is 23.2 Å². The number of nitrogens with zero attached hydrogens (tertiary/aromatic N) is 4. The number of thiazole rings is 1. The summed E-state index contributed by atoms with van der Waals surface area (Å²) in [5.74, 6) is -0.377. The molecule has 0 radical (unpaired) electrons. The average Bonchev–Trinajstić information content (AvgIpc) is 3.24. The maximum Gasteiger partial charge on any atom is 0.329 e. The first-order chi connectivity index (χ1) is 14.6. The fraction of sp³-hybridized carbons (Fsp3) is 0.200. The molecule has 0 fully saturated rings. The van der Waals surface area contributed by atoms with Crippen LogP contribution in [0.2, 0.25) is 0 Å². The summed E-state index contributed by atoms with van der Waals surface area (Å²) in [6.07, 6.45) is 5.47. The number of amides is 1. The molecule has 4 heterocycles. The van der Waals surface area contributed by atoms with Crippen molar-refractivity contribution in [2.75, 3.05) is 0 Å². The molecule has 9 nitrogen and oxygen atoms in total. The Kier molecular flexibility index (Phi) is 5.48. The highest BCUT2D eigenvalue weighted by molar-refractivity contribution is 7.09. The third kappa shape index (κ3) is 3.90. The summed E-state index contributed by atoms with van der Waals surface area (Å²) in [6, 6.07) is 5.19. The van der Waals surface area contributed by atoms with E-state index in [0.717, 1.165) is 16.3 Å². The quantitative estimate of drug-likeness (QED) is 0.490. The van der Waals surface area contributed by atoms with Gasteiger partial charge in [0.1, 0.15) is 10.7 Å². The Bertz CT molecular complexity index is 1330. The van der Waals surface area contributed by atoms with Crippen LogP contribution in [0.1, 0.15) is 28.7 Å². The monoisotopic (exact) mass is 422 g/mol. The van der Waals surface area contributed by atoms with Crippen LogP contribution in [0.3, 0.4) is 0 Å². The fourth-order valence-electron chi connectivity index (χ4n) is 3.03. The number of aromatic nitrogens is 5. The van der Waals surface area contributed by atoms with Crippen LogP contribution in [0, 0.1) is 0 Å². The average molecular weight is 422 g/mol. The van der Waals surface area contributed by atoms with Crippen LogP contribution in [-0.4, -0.2) is 30.4 Å². The normalized spacial score (nSPS) is 11.0. The van der Waals surface area contributed by atoms with Crippen molar-refractivity contribution in [2.45, 2.75) is 26.4 Å². The molecular weight excluding hydrogens is 404 g/mol. The Hall–Kier alpha value is -3.66. The van der Waals surface area contributed by atoms with E-state index in [1.165, 1.54) is 28.2 Å². The van der Waals surface area contributed by atoms with Crippen LogP contribution >= 0.6 is 11.3 Å². The molecule has 4 aromatic rings. The molecule has 0 aromatic carbocycles. The number of hydrogen-bond acceptors (Lipinski definition) is 7. The number of hydrogen-bond donors (Lipinski definition) is 2. The van der Waals surface area contributed by atoms with Crippen molar-refractivity contribution < 1.29 is 4.79 Å². The molecule has 0 aliphatic carbocycles. The molecule has 0 unspecified atom stereocenters. The van der Waals surface area contributed by atoms with Crippen molar-refractivity contribution in [3.8, 4) is 11.3 Å². The number of carbonyl (C=O) groups excluding carboxylic acids is 1. The van der Waals surface area contributed by atoms with Crippen LogP contribution in [0.15, 0.2) is 51.8 Å². The Morgan fingerprint density at radius 3 is 2.83 bits per heavy atom. The summed E-state index contributed by atoms with van der Waals surface area (Å²) in [6.45, 7) is 2.59. The largest absolute Gasteiger partial charge is 0.345 e. The first-order valence-electron chi connectivity index (χ1n) is 9.32. The highest BCUT2D eigenvalue weighted by atomic mass is 32.1. The number of nitrogens with one attached hydrogen (secondary N) is 2. The third-order valence-corrected chi connectivity index (χ3v) is 5.32. The van der Waals surface area contributed by atoms with E-state index in [2.05, 4.69) is 25.3 Å². The zero-order chi connectivity index (χ0) is 21.1. The Morgan fingerprint density at radius 1 is 1.27 bits per heavy atom. The van der Waals surface area contributed by atoms with Gasteiger partial charge in [0.25, 0.3) is 11.5 Å². The molecule has 2 N–H and O–H groups in total. The number of aryl methyl sites for hydroxylation is 1. The van der Waals surface area contributed by atoms with Crippen molar-refractivity contribution in [1.29, 1.82) is 0 Å². The molecule has 0 atom stereocenters. The second-order valence-corrected chi connectivity index (χ2v) is 7.49. The zero-order valence-corrected chi connectivity index (χ0v) is 16.9. The van der Waals surface area contributed by atoms with Gasteiger partial charge in [-0.15, -0.1) is 11.3 Å². The van der Waals surface area contributed by atoms with Gasteiger partial charge in [-0.3, -0.25) is 24.1 Å². The van der Waals surface area contributed by atoms with E-state index in [1.807, 2.05) is 24.4 Å². The summed E-state index contributed by atoms with van der Waals surface area (Å²) >= 11 is 1.44. The second-order valence-electron chi connectivity index (χ2n) is 6.55. The minimum Gasteiger partial charge on any atom is -0.345 e. The molecule has 1 amide bonds. The van der Waals surface area contributed by atoms with Gasteiger partial charge in [-0.25, -0.2) is 14.8 Å². The third-order valence-electron chi connectivity index (χ3n) is 4.47. The van der Waals surface area contributed by atoms with Gasteiger partial charge < -0.3 is 5.32 Å². The molecule has 152 valence electrons. The molecule has 0 saturated heterocycles. The number of rotatable bonds is 6. The lowest BCUT2D eigenvalue weighted by Gasteiger charge is -2.08. The van der Waals surface area contributed by atoms with Crippen molar-refractivity contribution >= 4 is 28.3 Å². The number of fused-ring (bicyclic) bond motifs is 1. The standard InChI is InChI=1S/C20H18N6O3S/c1-2-7-26-17-14(19(28)25-20(26)29)8-13(9-22-17)18(27)23-10-16-24-15(11-30-16)12-3-5-21-6-4-12/h3-6,8-9,11H,2,7,10H2,1H3,(H,23,27)(H,25,28,29). The molecule has 4 aromatic heterocycles. The number of carbonyl (C=O) groups is 1. The number of H-pyrrole nitrogens is 1. The van der Waals surface area contributed by atoms with E-state index < -0.39 is 11.2 Å². The van der Waals surface area contributed by atoms with Crippen molar-refractivity contribution in [2.24, 2.45) is 0 Å². The van der Waals surface area contributed by atoms with Crippen molar-refractivity contribution in [3.63, 3.8) is 0 Å². The van der Waals surface area contributed by atoms with Gasteiger partial charge in [-0.05, 0) is 24.6 Å². The van der Waals surface area contributed by atoms with E-state index in [-0.39, 0.29) is 29.0 Å². The minimum absolute atomic E-state index is 0.199. The predicted molar refractivity (Wildman–Crippen MR) is 113 cm³/mol. The van der Waals surface area contributed by atoms with E-state index >= 15 is 0 Å². The Balaban J connectivity index is 1.53. The maximum absolute atomic E-state index is 12.6.